The van der Waals surface area contributed by atoms with E-state index in [2.05, 4.69) is 31.2 Å². The second kappa shape index (κ2) is 17.5. The minimum Gasteiger partial charge on any atom is -0.480 e. The molecule has 0 radical (unpaired) electrons. The van der Waals surface area contributed by atoms with E-state index in [1.54, 1.807) is 13.8 Å². The number of hydrogen-bond acceptors (Lipinski definition) is 12. The van der Waals surface area contributed by atoms with Crippen molar-refractivity contribution in [2.24, 2.45) is 11.8 Å². The average Bonchev–Trinajstić information content (AvgIpc) is 3.79. The van der Waals surface area contributed by atoms with E-state index in [1.165, 1.54) is 26.4 Å². The molecular weight excluding hydrogens is 658 g/mol. The van der Waals surface area contributed by atoms with Gasteiger partial charge in [-0.25, -0.2) is 9.78 Å². The quantitative estimate of drug-likeness (QED) is 0.0792. The summed E-state index contributed by atoms with van der Waals surface area (Å²) in [5.74, 6) is -4.70. The molecule has 2 aliphatic heterocycles. The molecule has 0 aromatic carbocycles. The SMILES string of the molecule is CC(C)C[C@H](NC(=O)[C@H](Cc1cnc[nH]1)NC(=O)[C@@H](NC1(C)O[C@H](CO)[C@@H](O)[C@@H]1O)C(C)C)C(=O)N[C@H](C(=O)N1CCC[C@H]1C(=O)O)[C@@H](C)O. The first-order valence-electron chi connectivity index (χ1n) is 16.9. The van der Waals surface area contributed by atoms with Gasteiger partial charge in [-0.2, -0.15) is 0 Å². The van der Waals surface area contributed by atoms with Crippen molar-refractivity contribution in [3.63, 3.8) is 0 Å². The van der Waals surface area contributed by atoms with E-state index in [0.717, 1.165) is 4.90 Å². The van der Waals surface area contributed by atoms with Crippen LogP contribution in [0.25, 0.3) is 0 Å². The number of likely N-dealkylation sites (tertiary alicyclic amines) is 1. The van der Waals surface area contributed by atoms with Crippen LogP contribution in [0.3, 0.4) is 0 Å². The van der Waals surface area contributed by atoms with Crippen LogP contribution < -0.4 is 21.3 Å². The van der Waals surface area contributed by atoms with Crippen molar-refractivity contribution in [3.8, 4) is 0 Å². The summed E-state index contributed by atoms with van der Waals surface area (Å²) in [4.78, 5) is 74.3. The molecule has 2 fully saturated rings. The number of imidazole rings is 1. The van der Waals surface area contributed by atoms with Gasteiger partial charge >= 0.3 is 5.97 Å². The summed E-state index contributed by atoms with van der Waals surface area (Å²) in [7, 11) is 0. The predicted molar refractivity (Wildman–Crippen MR) is 176 cm³/mol. The minimum absolute atomic E-state index is 0.0690. The maximum atomic E-state index is 13.9. The Kier molecular flexibility index (Phi) is 14.3. The molecule has 10 atom stereocenters. The van der Waals surface area contributed by atoms with Crippen LogP contribution in [-0.4, -0.2) is 144 Å². The number of carboxylic acids is 1. The molecule has 4 amide bonds. The predicted octanol–water partition coefficient (Wildman–Crippen LogP) is -2.65. The Morgan fingerprint density at radius 3 is 2.18 bits per heavy atom. The molecule has 0 aliphatic carbocycles. The van der Waals surface area contributed by atoms with Crippen LogP contribution in [0, 0.1) is 11.8 Å². The van der Waals surface area contributed by atoms with Crippen LogP contribution in [0.15, 0.2) is 12.5 Å². The van der Waals surface area contributed by atoms with Crippen LogP contribution in [-0.2, 0) is 35.1 Å². The van der Waals surface area contributed by atoms with E-state index >= 15 is 0 Å². The second-order valence-corrected chi connectivity index (χ2v) is 14.0. The first-order chi connectivity index (χ1) is 23.4. The third-order valence-corrected chi connectivity index (χ3v) is 9.06. The summed E-state index contributed by atoms with van der Waals surface area (Å²) in [5.41, 5.74) is -1.14. The standard InChI is InChI=1S/C32H53N7O11/c1-15(2)10-19(28(45)37-24(17(5)41)30(47)39-9-7-8-21(39)31(48)49)35-27(44)20(11-18-12-33-14-34-18)36-29(46)23(16(3)4)38-32(6)26(43)25(42)22(13-40)50-32/h12,14-17,19-26,38,40-43H,7-11,13H2,1-6H3,(H,33,34)(H,35,44)(H,36,46)(H,37,45)(H,48,49)/t17-,19+,20+,21+,22-,23+,24+,25-,26+,32?/m1/s1. The topological polar surface area (TPSA) is 276 Å². The fourth-order valence-electron chi connectivity index (χ4n) is 6.26. The fraction of sp³-hybridized carbons (Fsp3) is 0.750. The Morgan fingerprint density at radius 2 is 1.66 bits per heavy atom. The molecule has 3 rings (SSSR count). The van der Waals surface area contributed by atoms with Crippen LogP contribution in [0.4, 0.5) is 0 Å². The molecule has 10 N–H and O–H groups in total. The number of aliphatic hydroxyl groups excluding tert-OH is 4. The first-order valence-corrected chi connectivity index (χ1v) is 16.9. The number of aliphatic carboxylic acids is 1. The lowest BCUT2D eigenvalue weighted by Gasteiger charge is -2.35. The normalized spacial score (nSPS) is 26.7. The van der Waals surface area contributed by atoms with E-state index in [0.29, 0.717) is 12.1 Å². The number of H-pyrrole nitrogens is 1. The molecule has 1 unspecified atom stereocenters. The molecule has 0 saturated carbocycles. The zero-order valence-corrected chi connectivity index (χ0v) is 29.3. The summed E-state index contributed by atoms with van der Waals surface area (Å²) in [5, 5.41) is 61.4. The Morgan fingerprint density at radius 1 is 1.02 bits per heavy atom. The number of hydrogen-bond donors (Lipinski definition) is 10. The van der Waals surface area contributed by atoms with Crippen LogP contribution in [0.1, 0.15) is 66.5 Å². The average molecular weight is 712 g/mol. The van der Waals surface area contributed by atoms with Gasteiger partial charge in [-0.15, -0.1) is 0 Å². The van der Waals surface area contributed by atoms with Gasteiger partial charge in [0.2, 0.25) is 23.6 Å². The Hall–Kier alpha value is -3.68. The number of nitrogens with one attached hydrogen (secondary N) is 5. The molecule has 1 aromatic rings. The van der Waals surface area contributed by atoms with Crippen molar-refractivity contribution in [2.45, 2.75) is 128 Å². The molecule has 50 heavy (non-hydrogen) atoms. The van der Waals surface area contributed by atoms with Gasteiger partial charge < -0.3 is 56.1 Å². The highest BCUT2D eigenvalue weighted by molar-refractivity contribution is 5.96. The molecule has 18 heteroatoms. The number of aromatic amines is 1. The van der Waals surface area contributed by atoms with Crippen molar-refractivity contribution in [3.05, 3.63) is 18.2 Å². The number of ether oxygens (including phenoxy) is 1. The molecule has 18 nitrogen and oxygen atoms in total. The van der Waals surface area contributed by atoms with Crippen LogP contribution in [0.2, 0.25) is 0 Å². The van der Waals surface area contributed by atoms with Gasteiger partial charge in [0.05, 0.1) is 25.1 Å². The van der Waals surface area contributed by atoms with Crippen molar-refractivity contribution in [1.82, 2.24) is 36.1 Å². The number of aliphatic hydroxyl groups is 4. The number of aromatic nitrogens is 2. The molecule has 282 valence electrons. The number of rotatable bonds is 17. The highest BCUT2D eigenvalue weighted by Crippen LogP contribution is 2.30. The van der Waals surface area contributed by atoms with Crippen molar-refractivity contribution < 1.29 is 54.2 Å². The number of nitrogens with zero attached hydrogens (tertiary/aromatic N) is 2. The lowest BCUT2D eigenvalue weighted by Crippen LogP contribution is -2.63. The lowest BCUT2D eigenvalue weighted by atomic mass is 9.97. The first kappa shape index (κ1) is 40.7. The highest BCUT2D eigenvalue weighted by atomic mass is 16.6. The highest BCUT2D eigenvalue weighted by Gasteiger charge is 2.52. The van der Waals surface area contributed by atoms with E-state index in [4.69, 9.17) is 4.74 Å². The van der Waals surface area contributed by atoms with Gasteiger partial charge in [-0.05, 0) is 44.9 Å². The zero-order valence-electron chi connectivity index (χ0n) is 29.3. The van der Waals surface area contributed by atoms with E-state index < -0.39 is 102 Å². The number of amides is 4. The number of carboxylic acid groups (broad SMARTS) is 1. The summed E-state index contributed by atoms with van der Waals surface area (Å²) >= 11 is 0. The van der Waals surface area contributed by atoms with Gasteiger partial charge in [-0.1, -0.05) is 27.7 Å². The fourth-order valence-corrected chi connectivity index (χ4v) is 6.26. The maximum absolute atomic E-state index is 13.9. The van der Waals surface area contributed by atoms with Crippen LogP contribution in [0.5, 0.6) is 0 Å². The Labute approximate surface area is 290 Å². The molecule has 2 aliphatic rings. The molecule has 3 heterocycles. The maximum Gasteiger partial charge on any atom is 0.326 e. The third kappa shape index (κ3) is 9.97. The monoisotopic (exact) mass is 711 g/mol. The van der Waals surface area contributed by atoms with Gasteiger partial charge in [-0.3, -0.25) is 24.5 Å². The van der Waals surface area contributed by atoms with Crippen molar-refractivity contribution in [1.29, 1.82) is 0 Å². The molecular formula is C32H53N7O11. The van der Waals surface area contributed by atoms with Crippen LogP contribution >= 0.6 is 0 Å². The molecule has 0 bridgehead atoms. The molecule has 1 aromatic heterocycles. The van der Waals surface area contributed by atoms with Gasteiger partial charge in [0.15, 0.2) is 0 Å². The molecule has 0 spiro atoms. The third-order valence-electron chi connectivity index (χ3n) is 9.06. The number of carbonyl (C=O) groups excluding carboxylic acids is 4. The summed E-state index contributed by atoms with van der Waals surface area (Å²) in [6.07, 6.45) is -1.81. The lowest BCUT2D eigenvalue weighted by molar-refractivity contribution is -0.150. The zero-order chi connectivity index (χ0) is 37.5. The van der Waals surface area contributed by atoms with E-state index in [9.17, 15) is 49.5 Å². The Bertz CT molecular complexity index is 1330. The van der Waals surface area contributed by atoms with E-state index in [1.807, 2.05) is 13.8 Å². The summed E-state index contributed by atoms with van der Waals surface area (Å²) in [6.45, 7) is 9.36. The van der Waals surface area contributed by atoms with E-state index in [-0.39, 0.29) is 31.7 Å². The second-order valence-electron chi connectivity index (χ2n) is 14.0. The summed E-state index contributed by atoms with van der Waals surface area (Å²) in [6, 6.07) is -6.12. The minimum atomic E-state index is -1.63. The van der Waals surface area contributed by atoms with Gasteiger partial charge in [0.25, 0.3) is 0 Å². The van der Waals surface area contributed by atoms with Crippen molar-refractivity contribution in [2.75, 3.05) is 13.2 Å². The van der Waals surface area contributed by atoms with Gasteiger partial charge in [0.1, 0.15) is 48.2 Å². The molecule has 2 saturated heterocycles. The van der Waals surface area contributed by atoms with Crippen molar-refractivity contribution >= 4 is 29.6 Å². The summed E-state index contributed by atoms with van der Waals surface area (Å²) < 4.78 is 5.67. The smallest absolute Gasteiger partial charge is 0.326 e. The van der Waals surface area contributed by atoms with Gasteiger partial charge in [0, 0.05) is 24.9 Å². The largest absolute Gasteiger partial charge is 0.480 e. The number of carbonyl (C=O) groups is 5. The Balaban J connectivity index is 1.82.